The number of hydrogen-bond acceptors (Lipinski definition) is 3. The zero-order valence-electron chi connectivity index (χ0n) is 17.6. The second-order valence-corrected chi connectivity index (χ2v) is 8.78. The van der Waals surface area contributed by atoms with Crippen molar-refractivity contribution in [3.63, 3.8) is 0 Å². The topological polar surface area (TPSA) is 25.4 Å². The molecular weight excluding hydrogens is 356 g/mol. The standard InChI is InChI=1S/C26H30N2O/c1-3-14-28-15-11-26(12-16-28)10-8-23-18-21(5-7-25(23)29-26)20-4-6-24-19(2)27-13-9-22(24)17-20/h4-7,9,13,17-18H,3,8,10-12,14-16H2,1-2H3. The van der Waals surface area contributed by atoms with Crippen molar-refractivity contribution in [3.8, 4) is 16.9 Å². The molecule has 0 N–H and O–H groups in total. The predicted molar refractivity (Wildman–Crippen MR) is 120 cm³/mol. The first-order chi connectivity index (χ1) is 14.2. The second-order valence-electron chi connectivity index (χ2n) is 8.78. The lowest BCUT2D eigenvalue weighted by molar-refractivity contribution is -0.0143. The van der Waals surface area contributed by atoms with Crippen LogP contribution in [0.2, 0.25) is 0 Å². The van der Waals surface area contributed by atoms with Crippen LogP contribution in [0.5, 0.6) is 5.75 Å². The number of fused-ring (bicyclic) bond motifs is 2. The molecular formula is C26H30N2O. The molecule has 1 fully saturated rings. The summed E-state index contributed by atoms with van der Waals surface area (Å²) in [4.78, 5) is 6.99. The molecule has 5 rings (SSSR count). The van der Waals surface area contributed by atoms with Gasteiger partial charge in [-0.25, -0.2) is 0 Å². The van der Waals surface area contributed by atoms with Gasteiger partial charge < -0.3 is 9.64 Å². The van der Waals surface area contributed by atoms with E-state index < -0.39 is 0 Å². The number of pyridine rings is 1. The van der Waals surface area contributed by atoms with E-state index in [9.17, 15) is 0 Å². The maximum absolute atomic E-state index is 6.63. The van der Waals surface area contributed by atoms with Gasteiger partial charge in [-0.1, -0.05) is 25.1 Å². The predicted octanol–water partition coefficient (Wildman–Crippen LogP) is 5.78. The molecule has 3 nitrogen and oxygen atoms in total. The van der Waals surface area contributed by atoms with Crippen LogP contribution < -0.4 is 4.74 Å². The summed E-state index contributed by atoms with van der Waals surface area (Å²) in [6.45, 7) is 7.90. The van der Waals surface area contributed by atoms with E-state index in [1.54, 1.807) is 0 Å². The highest BCUT2D eigenvalue weighted by Gasteiger charge is 2.39. The number of piperidine rings is 1. The van der Waals surface area contributed by atoms with E-state index >= 15 is 0 Å². The van der Waals surface area contributed by atoms with Gasteiger partial charge in [0.2, 0.25) is 0 Å². The van der Waals surface area contributed by atoms with Crippen LogP contribution in [0, 0.1) is 6.92 Å². The molecule has 1 aromatic heterocycles. The number of aryl methyl sites for hydroxylation is 2. The van der Waals surface area contributed by atoms with Gasteiger partial charge in [0.25, 0.3) is 0 Å². The normalized spacial score (nSPS) is 18.6. The Morgan fingerprint density at radius 3 is 2.62 bits per heavy atom. The Morgan fingerprint density at radius 1 is 1.00 bits per heavy atom. The van der Waals surface area contributed by atoms with E-state index in [0.717, 1.165) is 37.1 Å². The first kappa shape index (κ1) is 18.6. The Hall–Kier alpha value is -2.39. The quantitative estimate of drug-likeness (QED) is 0.570. The highest BCUT2D eigenvalue weighted by atomic mass is 16.5. The molecule has 2 aliphatic rings. The van der Waals surface area contributed by atoms with Crippen molar-refractivity contribution in [1.82, 2.24) is 9.88 Å². The summed E-state index contributed by atoms with van der Waals surface area (Å²) in [5, 5.41) is 2.48. The van der Waals surface area contributed by atoms with Gasteiger partial charge in [-0.3, -0.25) is 4.98 Å². The Kier molecular flexibility index (Phi) is 4.79. The number of likely N-dealkylation sites (tertiary alicyclic amines) is 1. The molecule has 1 spiro atoms. The summed E-state index contributed by atoms with van der Waals surface area (Å²) in [5.41, 5.74) is 5.04. The number of nitrogens with zero attached hydrogens (tertiary/aromatic N) is 2. The van der Waals surface area contributed by atoms with Crippen LogP contribution in [0.15, 0.2) is 48.7 Å². The van der Waals surface area contributed by atoms with Crippen LogP contribution in [0.1, 0.15) is 43.9 Å². The third-order valence-electron chi connectivity index (χ3n) is 6.84. The fraction of sp³-hybridized carbons (Fsp3) is 0.423. The third kappa shape index (κ3) is 3.53. The Labute approximate surface area is 173 Å². The monoisotopic (exact) mass is 386 g/mol. The Morgan fingerprint density at radius 2 is 1.79 bits per heavy atom. The highest BCUT2D eigenvalue weighted by molar-refractivity contribution is 5.88. The molecule has 0 saturated carbocycles. The zero-order valence-corrected chi connectivity index (χ0v) is 17.6. The SMILES string of the molecule is CCCN1CCC2(CCc3cc(-c4ccc5c(C)nccc5c4)ccc3O2)CC1. The Bertz CT molecular complexity index is 1030. The first-order valence-corrected chi connectivity index (χ1v) is 11.1. The van der Waals surface area contributed by atoms with Gasteiger partial charge in [0.1, 0.15) is 11.4 Å². The van der Waals surface area contributed by atoms with E-state index in [2.05, 4.69) is 66.2 Å². The minimum atomic E-state index is 0.0617. The van der Waals surface area contributed by atoms with Crippen molar-refractivity contribution >= 4 is 10.8 Å². The van der Waals surface area contributed by atoms with Gasteiger partial charge in [0, 0.05) is 30.4 Å². The van der Waals surface area contributed by atoms with Crippen LogP contribution in [0.3, 0.4) is 0 Å². The molecule has 0 unspecified atom stereocenters. The van der Waals surface area contributed by atoms with Gasteiger partial charge in [0.15, 0.2) is 0 Å². The first-order valence-electron chi connectivity index (χ1n) is 11.1. The molecule has 0 amide bonds. The third-order valence-corrected chi connectivity index (χ3v) is 6.84. The van der Waals surface area contributed by atoms with Gasteiger partial charge >= 0.3 is 0 Å². The molecule has 2 aliphatic heterocycles. The van der Waals surface area contributed by atoms with Crippen molar-refractivity contribution in [3.05, 3.63) is 59.9 Å². The van der Waals surface area contributed by atoms with Crippen LogP contribution in [-0.4, -0.2) is 35.1 Å². The number of aromatic nitrogens is 1. The van der Waals surface area contributed by atoms with Crippen molar-refractivity contribution in [2.45, 2.75) is 51.6 Å². The molecule has 3 heteroatoms. The van der Waals surface area contributed by atoms with Gasteiger partial charge in [-0.15, -0.1) is 0 Å². The molecule has 3 aromatic rings. The van der Waals surface area contributed by atoms with Crippen molar-refractivity contribution < 1.29 is 4.74 Å². The van der Waals surface area contributed by atoms with Crippen LogP contribution >= 0.6 is 0 Å². The Balaban J connectivity index is 1.38. The molecule has 3 heterocycles. The molecule has 0 atom stereocenters. The van der Waals surface area contributed by atoms with Gasteiger partial charge in [-0.2, -0.15) is 0 Å². The maximum atomic E-state index is 6.63. The van der Waals surface area contributed by atoms with Crippen LogP contribution in [0.4, 0.5) is 0 Å². The van der Waals surface area contributed by atoms with E-state index in [1.165, 1.54) is 53.5 Å². The summed E-state index contributed by atoms with van der Waals surface area (Å²) in [5.74, 6) is 1.10. The van der Waals surface area contributed by atoms with Crippen molar-refractivity contribution in [2.24, 2.45) is 0 Å². The van der Waals surface area contributed by atoms with Crippen molar-refractivity contribution in [1.29, 1.82) is 0 Å². The minimum Gasteiger partial charge on any atom is -0.487 e. The number of hydrogen-bond donors (Lipinski definition) is 0. The lowest BCUT2D eigenvalue weighted by atomic mass is 9.82. The smallest absolute Gasteiger partial charge is 0.123 e. The van der Waals surface area contributed by atoms with E-state index in [4.69, 9.17) is 4.74 Å². The van der Waals surface area contributed by atoms with Gasteiger partial charge in [-0.05, 0) is 91.9 Å². The zero-order chi connectivity index (χ0) is 19.8. The van der Waals surface area contributed by atoms with Crippen LogP contribution in [-0.2, 0) is 6.42 Å². The number of benzene rings is 2. The molecule has 0 aliphatic carbocycles. The molecule has 1 saturated heterocycles. The molecule has 0 bridgehead atoms. The van der Waals surface area contributed by atoms with E-state index in [-0.39, 0.29) is 5.60 Å². The molecule has 0 radical (unpaired) electrons. The summed E-state index contributed by atoms with van der Waals surface area (Å²) in [6, 6.07) is 15.5. The molecule has 29 heavy (non-hydrogen) atoms. The average Bonchev–Trinajstić information content (AvgIpc) is 2.75. The summed E-state index contributed by atoms with van der Waals surface area (Å²) < 4.78 is 6.63. The minimum absolute atomic E-state index is 0.0617. The van der Waals surface area contributed by atoms with E-state index in [0.29, 0.717) is 0 Å². The summed E-state index contributed by atoms with van der Waals surface area (Å²) in [7, 11) is 0. The number of rotatable bonds is 3. The maximum Gasteiger partial charge on any atom is 0.123 e. The number of ether oxygens (including phenoxy) is 1. The van der Waals surface area contributed by atoms with E-state index in [1.807, 2.05) is 6.20 Å². The molecule has 150 valence electrons. The van der Waals surface area contributed by atoms with Crippen LogP contribution in [0.25, 0.3) is 21.9 Å². The average molecular weight is 387 g/mol. The lowest BCUT2D eigenvalue weighted by Gasteiger charge is -2.44. The highest BCUT2D eigenvalue weighted by Crippen LogP contribution is 2.41. The fourth-order valence-corrected chi connectivity index (χ4v) is 5.06. The lowest BCUT2D eigenvalue weighted by Crippen LogP contribution is -2.49. The largest absolute Gasteiger partial charge is 0.487 e. The fourth-order valence-electron chi connectivity index (χ4n) is 5.06. The second kappa shape index (κ2) is 7.46. The van der Waals surface area contributed by atoms with Gasteiger partial charge in [0.05, 0.1) is 0 Å². The summed E-state index contributed by atoms with van der Waals surface area (Å²) in [6.07, 6.45) is 7.72. The summed E-state index contributed by atoms with van der Waals surface area (Å²) >= 11 is 0. The van der Waals surface area contributed by atoms with Crippen molar-refractivity contribution in [2.75, 3.05) is 19.6 Å². The molecule has 2 aromatic carbocycles.